The minimum absolute atomic E-state index is 0.228. The molecule has 3 unspecified atom stereocenters. The molecule has 2 rings (SSSR count). The minimum Gasteiger partial charge on any atom is -0.490 e. The average Bonchev–Trinajstić information content (AvgIpc) is 2.43. The first-order valence-corrected chi connectivity index (χ1v) is 7.05. The number of hydrogen-bond donors (Lipinski definition) is 1. The number of methoxy groups -OCH3 is 1. The van der Waals surface area contributed by atoms with E-state index < -0.39 is 0 Å². The van der Waals surface area contributed by atoms with E-state index in [1.54, 1.807) is 7.11 Å². The van der Waals surface area contributed by atoms with Gasteiger partial charge in [0.15, 0.2) is 0 Å². The van der Waals surface area contributed by atoms with Gasteiger partial charge in [0, 0.05) is 25.0 Å². The van der Waals surface area contributed by atoms with Gasteiger partial charge in [0.2, 0.25) is 0 Å². The maximum absolute atomic E-state index is 6.18. The van der Waals surface area contributed by atoms with Gasteiger partial charge in [-0.1, -0.05) is 26.0 Å². The van der Waals surface area contributed by atoms with Crippen LogP contribution in [0, 0.1) is 5.41 Å². The van der Waals surface area contributed by atoms with Gasteiger partial charge in [0.25, 0.3) is 0 Å². The number of hydrogen-bond acceptors (Lipinski definition) is 3. The largest absolute Gasteiger partial charge is 0.490 e. The molecule has 1 aliphatic rings. The molecular formula is C16H25NO2. The van der Waals surface area contributed by atoms with E-state index in [-0.39, 0.29) is 5.41 Å². The lowest BCUT2D eigenvalue weighted by atomic mass is 9.61. The number of ether oxygens (including phenoxy) is 2. The van der Waals surface area contributed by atoms with E-state index >= 15 is 0 Å². The van der Waals surface area contributed by atoms with Crippen LogP contribution in [0.3, 0.4) is 0 Å². The zero-order chi connectivity index (χ0) is 13.9. The molecule has 1 aromatic rings. The fourth-order valence-corrected chi connectivity index (χ4v) is 2.96. The van der Waals surface area contributed by atoms with Gasteiger partial charge in [0.1, 0.15) is 11.9 Å². The fourth-order valence-electron chi connectivity index (χ4n) is 2.96. The van der Waals surface area contributed by atoms with Crippen LogP contribution in [-0.2, 0) is 11.3 Å². The van der Waals surface area contributed by atoms with Gasteiger partial charge in [-0.05, 0) is 31.2 Å². The Balaban J connectivity index is 2.04. The highest BCUT2D eigenvalue weighted by atomic mass is 16.5. The van der Waals surface area contributed by atoms with Crippen molar-refractivity contribution in [3.63, 3.8) is 0 Å². The molecule has 106 valence electrons. The molecule has 0 spiro atoms. The first-order chi connectivity index (χ1) is 9.13. The molecule has 1 fully saturated rings. The predicted molar refractivity (Wildman–Crippen MR) is 77.4 cm³/mol. The maximum atomic E-state index is 6.18. The van der Waals surface area contributed by atoms with E-state index in [1.807, 2.05) is 19.2 Å². The molecule has 0 saturated heterocycles. The van der Waals surface area contributed by atoms with Crippen LogP contribution in [0.15, 0.2) is 24.3 Å². The summed E-state index contributed by atoms with van der Waals surface area (Å²) in [4.78, 5) is 0. The monoisotopic (exact) mass is 263 g/mol. The second kappa shape index (κ2) is 5.93. The molecule has 0 radical (unpaired) electrons. The van der Waals surface area contributed by atoms with Gasteiger partial charge >= 0.3 is 0 Å². The smallest absolute Gasteiger partial charge is 0.120 e. The van der Waals surface area contributed by atoms with E-state index in [4.69, 9.17) is 9.47 Å². The molecule has 0 aliphatic heterocycles. The first-order valence-electron chi connectivity index (χ1n) is 7.05. The van der Waals surface area contributed by atoms with E-state index in [0.29, 0.717) is 18.8 Å². The summed E-state index contributed by atoms with van der Waals surface area (Å²) in [6, 6.07) is 8.76. The van der Waals surface area contributed by atoms with E-state index in [9.17, 15) is 0 Å². The van der Waals surface area contributed by atoms with Crippen LogP contribution in [0.1, 0.15) is 32.3 Å². The molecule has 1 aromatic carbocycles. The number of rotatable bonds is 6. The standard InChI is InChI=1S/C16H25NO2/c1-5-16(2)14(17-3)10-15(16)19-13-8-6-7-12(9-13)11-18-4/h6-9,14-15,17H,5,10-11H2,1-4H3. The summed E-state index contributed by atoms with van der Waals surface area (Å²) in [6.07, 6.45) is 2.50. The van der Waals surface area contributed by atoms with Crippen LogP contribution in [0.5, 0.6) is 5.75 Å². The third-order valence-corrected chi connectivity index (χ3v) is 4.58. The Morgan fingerprint density at radius 1 is 1.42 bits per heavy atom. The molecular weight excluding hydrogens is 238 g/mol. The molecule has 1 saturated carbocycles. The topological polar surface area (TPSA) is 30.5 Å². The summed E-state index contributed by atoms with van der Waals surface area (Å²) in [7, 11) is 3.75. The SMILES string of the molecule is CCC1(C)C(NC)CC1Oc1cccc(COC)c1. The van der Waals surface area contributed by atoms with Crippen molar-refractivity contribution in [1.82, 2.24) is 5.32 Å². The van der Waals surface area contributed by atoms with E-state index in [1.165, 1.54) is 0 Å². The van der Waals surface area contributed by atoms with Gasteiger partial charge < -0.3 is 14.8 Å². The highest BCUT2D eigenvalue weighted by Gasteiger charge is 2.51. The predicted octanol–water partition coefficient (Wildman–Crippen LogP) is 2.99. The molecule has 0 aromatic heterocycles. The molecule has 3 nitrogen and oxygen atoms in total. The van der Waals surface area contributed by atoms with Crippen molar-refractivity contribution in [2.75, 3.05) is 14.2 Å². The Labute approximate surface area is 116 Å². The minimum atomic E-state index is 0.228. The number of benzene rings is 1. The Morgan fingerprint density at radius 3 is 2.84 bits per heavy atom. The van der Waals surface area contributed by atoms with Crippen LogP contribution in [0.4, 0.5) is 0 Å². The van der Waals surface area contributed by atoms with Gasteiger partial charge in [0.05, 0.1) is 6.61 Å². The zero-order valence-corrected chi connectivity index (χ0v) is 12.4. The zero-order valence-electron chi connectivity index (χ0n) is 12.4. The maximum Gasteiger partial charge on any atom is 0.120 e. The summed E-state index contributed by atoms with van der Waals surface area (Å²) in [5.41, 5.74) is 1.38. The second-order valence-corrected chi connectivity index (χ2v) is 5.62. The third-order valence-electron chi connectivity index (χ3n) is 4.58. The van der Waals surface area contributed by atoms with Crippen LogP contribution in [0.25, 0.3) is 0 Å². The normalized spacial score (nSPS) is 29.9. The lowest BCUT2D eigenvalue weighted by Gasteiger charge is -2.53. The third kappa shape index (κ3) is 2.77. The molecule has 19 heavy (non-hydrogen) atoms. The van der Waals surface area contributed by atoms with Gasteiger partial charge in [-0.15, -0.1) is 0 Å². The first kappa shape index (κ1) is 14.4. The van der Waals surface area contributed by atoms with Crippen molar-refractivity contribution in [1.29, 1.82) is 0 Å². The molecule has 1 N–H and O–H groups in total. The van der Waals surface area contributed by atoms with E-state index in [2.05, 4.69) is 31.3 Å². The molecule has 0 amide bonds. The van der Waals surface area contributed by atoms with Crippen LogP contribution in [-0.4, -0.2) is 26.3 Å². The van der Waals surface area contributed by atoms with Crippen LogP contribution < -0.4 is 10.1 Å². The summed E-state index contributed by atoms with van der Waals surface area (Å²) >= 11 is 0. The molecule has 1 aliphatic carbocycles. The van der Waals surface area contributed by atoms with Crippen LogP contribution >= 0.6 is 0 Å². The molecule has 0 bridgehead atoms. The van der Waals surface area contributed by atoms with Crippen molar-refractivity contribution < 1.29 is 9.47 Å². The Bertz CT molecular complexity index is 421. The Hall–Kier alpha value is -1.06. The van der Waals surface area contributed by atoms with Crippen molar-refractivity contribution in [3.8, 4) is 5.75 Å². The van der Waals surface area contributed by atoms with Crippen molar-refractivity contribution >= 4 is 0 Å². The lowest BCUT2D eigenvalue weighted by molar-refractivity contribution is -0.0678. The molecule has 3 atom stereocenters. The summed E-state index contributed by atoms with van der Waals surface area (Å²) < 4.78 is 11.3. The van der Waals surface area contributed by atoms with Gasteiger partial charge in [-0.2, -0.15) is 0 Å². The quantitative estimate of drug-likeness (QED) is 0.856. The van der Waals surface area contributed by atoms with Gasteiger partial charge in [-0.25, -0.2) is 0 Å². The highest BCUT2D eigenvalue weighted by molar-refractivity contribution is 5.29. The van der Waals surface area contributed by atoms with E-state index in [0.717, 1.165) is 24.2 Å². The van der Waals surface area contributed by atoms with Crippen LogP contribution in [0.2, 0.25) is 0 Å². The number of nitrogens with one attached hydrogen (secondary N) is 1. The summed E-state index contributed by atoms with van der Waals surface area (Å²) in [6.45, 7) is 5.18. The lowest BCUT2D eigenvalue weighted by Crippen LogP contribution is -2.62. The van der Waals surface area contributed by atoms with Crippen molar-refractivity contribution in [2.24, 2.45) is 5.41 Å². The van der Waals surface area contributed by atoms with Crippen molar-refractivity contribution in [2.45, 2.75) is 45.4 Å². The van der Waals surface area contributed by atoms with Crippen molar-refractivity contribution in [3.05, 3.63) is 29.8 Å². The summed E-state index contributed by atoms with van der Waals surface area (Å²) in [5.74, 6) is 0.953. The fraction of sp³-hybridized carbons (Fsp3) is 0.625. The highest BCUT2D eigenvalue weighted by Crippen LogP contribution is 2.45. The Morgan fingerprint density at radius 2 is 2.21 bits per heavy atom. The molecule has 0 heterocycles. The average molecular weight is 263 g/mol. The second-order valence-electron chi connectivity index (χ2n) is 5.62. The Kier molecular flexibility index (Phi) is 4.48. The molecule has 3 heteroatoms. The van der Waals surface area contributed by atoms with Gasteiger partial charge in [-0.3, -0.25) is 0 Å². The summed E-state index contributed by atoms with van der Waals surface area (Å²) in [5, 5.41) is 3.39.